The molecular weight excluding hydrogens is 370 g/mol. The average Bonchev–Trinajstić information content (AvgIpc) is 3.11. The summed E-state index contributed by atoms with van der Waals surface area (Å²) in [5, 5.41) is 0. The van der Waals surface area contributed by atoms with E-state index in [4.69, 9.17) is 14.2 Å². The molecule has 2 aliphatic rings. The lowest BCUT2D eigenvalue weighted by molar-refractivity contribution is 0.0183. The first-order chi connectivity index (χ1) is 13.9. The lowest BCUT2D eigenvalue weighted by atomic mass is 10.0. The quantitative estimate of drug-likeness (QED) is 0.445. The number of hydrogen-bond donors (Lipinski definition) is 0. The number of rotatable bonds is 5. The van der Waals surface area contributed by atoms with Crippen LogP contribution in [0.15, 0.2) is 54.6 Å². The molecule has 0 amide bonds. The molecule has 0 spiro atoms. The zero-order valence-electron chi connectivity index (χ0n) is 15.7. The van der Waals surface area contributed by atoms with Crippen molar-refractivity contribution in [2.24, 2.45) is 0 Å². The van der Waals surface area contributed by atoms with Crippen LogP contribution in [0.5, 0.6) is 11.5 Å². The number of hydrogen-bond acceptors (Lipinski definition) is 5. The van der Waals surface area contributed by atoms with Crippen LogP contribution in [-0.2, 0) is 16.1 Å². The average molecular weight is 394 g/mol. The Hall–Kier alpha value is -2.18. The van der Waals surface area contributed by atoms with E-state index in [9.17, 15) is 0 Å². The van der Waals surface area contributed by atoms with Gasteiger partial charge in [0.1, 0.15) is 11.5 Å². The molecule has 144 valence electrons. The molecule has 0 unspecified atom stereocenters. The molecule has 28 heavy (non-hydrogen) atoms. The molecule has 0 bridgehead atoms. The van der Waals surface area contributed by atoms with Gasteiger partial charge in [-0.15, -0.1) is 11.3 Å². The van der Waals surface area contributed by atoms with Crippen molar-refractivity contribution in [1.82, 2.24) is 4.90 Å². The predicted octanol–water partition coefficient (Wildman–Crippen LogP) is 5.04. The first kappa shape index (κ1) is 17.9. The van der Waals surface area contributed by atoms with E-state index < -0.39 is 0 Å². The second-order valence-corrected chi connectivity index (χ2v) is 8.19. The van der Waals surface area contributed by atoms with Crippen molar-refractivity contribution in [2.45, 2.75) is 6.61 Å². The maximum atomic E-state index is 6.21. The minimum Gasteiger partial charge on any atom is -0.456 e. The Morgan fingerprint density at radius 2 is 1.61 bits per heavy atom. The zero-order chi connectivity index (χ0) is 18.8. The highest BCUT2D eigenvalue weighted by molar-refractivity contribution is 7.16. The first-order valence-corrected chi connectivity index (χ1v) is 10.6. The molecule has 2 aliphatic heterocycles. The summed E-state index contributed by atoms with van der Waals surface area (Å²) in [6.07, 6.45) is 0. The van der Waals surface area contributed by atoms with Gasteiger partial charge in [-0.2, -0.15) is 0 Å². The van der Waals surface area contributed by atoms with E-state index in [0.717, 1.165) is 62.1 Å². The van der Waals surface area contributed by atoms with Gasteiger partial charge in [-0.1, -0.05) is 30.3 Å². The van der Waals surface area contributed by atoms with E-state index in [-0.39, 0.29) is 0 Å². The monoisotopic (exact) mass is 393 g/mol. The van der Waals surface area contributed by atoms with E-state index in [1.807, 2.05) is 24.3 Å². The first-order valence-electron chi connectivity index (χ1n) is 9.76. The summed E-state index contributed by atoms with van der Waals surface area (Å²) in [6.45, 7) is 6.03. The Bertz CT molecular complexity index is 899. The normalized spacial score (nSPS) is 15.9. The number of fused-ring (bicyclic) bond motifs is 5. The maximum Gasteiger partial charge on any atom is 0.136 e. The topological polar surface area (TPSA) is 30.9 Å². The van der Waals surface area contributed by atoms with Crippen LogP contribution in [-0.4, -0.2) is 44.4 Å². The summed E-state index contributed by atoms with van der Waals surface area (Å²) in [6, 6.07) is 18.8. The molecule has 1 saturated heterocycles. The second-order valence-electron chi connectivity index (χ2n) is 7.06. The van der Waals surface area contributed by atoms with Crippen LogP contribution in [0.3, 0.4) is 0 Å². The molecule has 0 N–H and O–H groups in total. The zero-order valence-corrected chi connectivity index (χ0v) is 16.5. The molecule has 5 rings (SSSR count). The Balaban J connectivity index is 1.36. The summed E-state index contributed by atoms with van der Waals surface area (Å²) in [5.41, 5.74) is 3.53. The SMILES string of the molecule is c1ccc2c(c1)Oc1ccccc1-c1sc(COCCN3CCOCC3)cc1-2. The van der Waals surface area contributed by atoms with E-state index >= 15 is 0 Å². The maximum absolute atomic E-state index is 6.21. The van der Waals surface area contributed by atoms with Gasteiger partial charge in [0.2, 0.25) is 0 Å². The van der Waals surface area contributed by atoms with Gasteiger partial charge in [-0.05, 0) is 24.3 Å². The molecule has 0 radical (unpaired) electrons. The lowest BCUT2D eigenvalue weighted by Gasteiger charge is -2.26. The van der Waals surface area contributed by atoms with Gasteiger partial charge in [-0.3, -0.25) is 4.90 Å². The molecule has 1 fully saturated rings. The van der Waals surface area contributed by atoms with Gasteiger partial charge < -0.3 is 14.2 Å². The van der Waals surface area contributed by atoms with Crippen LogP contribution in [0.1, 0.15) is 4.88 Å². The number of thiophene rings is 1. The fourth-order valence-corrected chi connectivity index (χ4v) is 4.88. The van der Waals surface area contributed by atoms with Crippen LogP contribution in [0.2, 0.25) is 0 Å². The molecular formula is C23H23NO3S. The summed E-state index contributed by atoms with van der Waals surface area (Å²) < 4.78 is 17.6. The van der Waals surface area contributed by atoms with Gasteiger partial charge >= 0.3 is 0 Å². The van der Waals surface area contributed by atoms with Crippen LogP contribution in [0.25, 0.3) is 21.6 Å². The van der Waals surface area contributed by atoms with E-state index in [1.54, 1.807) is 11.3 Å². The predicted molar refractivity (Wildman–Crippen MR) is 112 cm³/mol. The molecule has 2 aromatic carbocycles. The molecule has 3 aromatic rings. The van der Waals surface area contributed by atoms with Crippen LogP contribution in [0.4, 0.5) is 0 Å². The third-order valence-electron chi connectivity index (χ3n) is 5.21. The molecule has 5 heteroatoms. The smallest absolute Gasteiger partial charge is 0.136 e. The third kappa shape index (κ3) is 3.59. The summed E-state index contributed by atoms with van der Waals surface area (Å²) >= 11 is 1.80. The molecule has 0 aliphatic carbocycles. The number of ether oxygens (including phenoxy) is 3. The van der Waals surface area contributed by atoms with Crippen LogP contribution >= 0.6 is 11.3 Å². The molecule has 0 atom stereocenters. The molecule has 1 aromatic heterocycles. The number of nitrogens with zero attached hydrogens (tertiary/aromatic N) is 1. The van der Waals surface area contributed by atoms with Crippen molar-refractivity contribution < 1.29 is 14.2 Å². The minimum absolute atomic E-state index is 0.646. The van der Waals surface area contributed by atoms with Gasteiger partial charge in [0.05, 0.1) is 26.4 Å². The number of benzene rings is 2. The van der Waals surface area contributed by atoms with Crippen molar-refractivity contribution in [3.8, 4) is 33.1 Å². The van der Waals surface area contributed by atoms with Crippen molar-refractivity contribution in [2.75, 3.05) is 39.5 Å². The fraction of sp³-hybridized carbons (Fsp3) is 0.304. The lowest BCUT2D eigenvalue weighted by Crippen LogP contribution is -2.38. The summed E-state index contributed by atoms with van der Waals surface area (Å²) in [4.78, 5) is 4.91. The molecule has 4 nitrogen and oxygen atoms in total. The summed E-state index contributed by atoms with van der Waals surface area (Å²) in [5.74, 6) is 1.82. The Labute approximate surface area is 169 Å². The van der Waals surface area contributed by atoms with Crippen molar-refractivity contribution in [3.05, 3.63) is 59.5 Å². The minimum atomic E-state index is 0.646. The van der Waals surface area contributed by atoms with Gasteiger partial charge in [0.15, 0.2) is 0 Å². The molecule has 0 saturated carbocycles. The Kier molecular flexibility index (Phi) is 5.14. The van der Waals surface area contributed by atoms with E-state index in [2.05, 4.69) is 35.2 Å². The third-order valence-corrected chi connectivity index (χ3v) is 6.35. The highest BCUT2D eigenvalue weighted by Gasteiger charge is 2.23. The standard InChI is InChI=1S/C23H23NO3S/c1-3-7-21-18(5-1)20-15-17(16-26-14-11-24-9-12-25-13-10-24)28-23(20)19-6-2-4-8-22(19)27-21/h1-8,15H,9-14,16H2. The number of morpholine rings is 1. The largest absolute Gasteiger partial charge is 0.456 e. The highest BCUT2D eigenvalue weighted by Crippen LogP contribution is 2.49. The highest BCUT2D eigenvalue weighted by atomic mass is 32.1. The second kappa shape index (κ2) is 8.05. The van der Waals surface area contributed by atoms with Gasteiger partial charge in [0, 0.05) is 46.1 Å². The Morgan fingerprint density at radius 3 is 2.43 bits per heavy atom. The van der Waals surface area contributed by atoms with Crippen molar-refractivity contribution in [1.29, 1.82) is 0 Å². The summed E-state index contributed by atoms with van der Waals surface area (Å²) in [7, 11) is 0. The van der Waals surface area contributed by atoms with E-state index in [1.165, 1.54) is 15.3 Å². The van der Waals surface area contributed by atoms with Gasteiger partial charge in [0.25, 0.3) is 0 Å². The molecule has 3 heterocycles. The van der Waals surface area contributed by atoms with E-state index in [0.29, 0.717) is 6.61 Å². The van der Waals surface area contributed by atoms with Crippen LogP contribution in [0, 0.1) is 0 Å². The van der Waals surface area contributed by atoms with Crippen LogP contribution < -0.4 is 4.74 Å². The fourth-order valence-electron chi connectivity index (χ4n) is 3.74. The van der Waals surface area contributed by atoms with Crippen molar-refractivity contribution >= 4 is 11.3 Å². The van der Waals surface area contributed by atoms with Crippen molar-refractivity contribution in [3.63, 3.8) is 0 Å². The van der Waals surface area contributed by atoms with Gasteiger partial charge in [-0.25, -0.2) is 0 Å². The number of para-hydroxylation sites is 2. The Morgan fingerprint density at radius 1 is 0.893 bits per heavy atom.